The van der Waals surface area contributed by atoms with Gasteiger partial charge in [-0.25, -0.2) is 0 Å². The minimum Gasteiger partial charge on any atom is -0.374 e. The molecule has 2 saturated heterocycles. The molecule has 1 heteroatoms. The first-order valence-electron chi connectivity index (χ1n) is 7.42. The van der Waals surface area contributed by atoms with E-state index in [0.29, 0.717) is 0 Å². The maximum absolute atomic E-state index is 2.70. The molecule has 3 fully saturated rings. The van der Waals surface area contributed by atoms with Crippen molar-refractivity contribution in [3.63, 3.8) is 0 Å². The van der Waals surface area contributed by atoms with Gasteiger partial charge in [-0.15, -0.1) is 0 Å². The Morgan fingerprint density at radius 1 is 0.889 bits per heavy atom. The van der Waals surface area contributed by atoms with Gasteiger partial charge in [0.25, 0.3) is 0 Å². The van der Waals surface area contributed by atoms with Crippen molar-refractivity contribution in [2.24, 2.45) is 11.8 Å². The average Bonchev–Trinajstić information content (AvgIpc) is 2.60. The number of rotatable bonds is 1. The molecule has 1 aromatic rings. The molecule has 5 rings (SSSR count). The lowest BCUT2D eigenvalue weighted by Gasteiger charge is -2.26. The summed E-state index contributed by atoms with van der Waals surface area (Å²) in [7, 11) is 0. The van der Waals surface area contributed by atoms with Crippen molar-refractivity contribution < 1.29 is 0 Å². The largest absolute Gasteiger partial charge is 0.374 e. The van der Waals surface area contributed by atoms with E-state index in [1.165, 1.54) is 49.9 Å². The van der Waals surface area contributed by atoms with Gasteiger partial charge in [-0.3, -0.25) is 0 Å². The summed E-state index contributed by atoms with van der Waals surface area (Å²) in [6, 6.07) is 8.87. The number of allylic oxidation sites excluding steroid dienone is 1. The number of fused-ring (bicyclic) bond motifs is 5. The second-order valence-electron chi connectivity index (χ2n) is 6.30. The molecule has 0 radical (unpaired) electrons. The molecule has 2 bridgehead atoms. The Balaban J connectivity index is 1.59. The van der Waals surface area contributed by atoms with Crippen molar-refractivity contribution in [3.05, 3.63) is 41.1 Å². The maximum Gasteiger partial charge on any atom is 0.0203 e. The molecular formula is C17H21N. The van der Waals surface area contributed by atoms with Gasteiger partial charge in [0, 0.05) is 25.2 Å². The molecule has 2 aliphatic heterocycles. The molecule has 2 aliphatic carbocycles. The maximum atomic E-state index is 2.70. The van der Waals surface area contributed by atoms with Crippen molar-refractivity contribution in [2.45, 2.75) is 32.1 Å². The topological polar surface area (TPSA) is 3.24 Å². The lowest BCUT2D eigenvalue weighted by Crippen LogP contribution is -2.27. The molecule has 0 amide bonds. The molecule has 4 aliphatic rings. The highest BCUT2D eigenvalue weighted by Crippen LogP contribution is 2.37. The zero-order chi connectivity index (χ0) is 11.9. The van der Waals surface area contributed by atoms with Crippen LogP contribution in [0.15, 0.2) is 30.0 Å². The number of hydrogen-bond acceptors (Lipinski definition) is 1. The van der Waals surface area contributed by atoms with Gasteiger partial charge in [-0.1, -0.05) is 24.3 Å². The van der Waals surface area contributed by atoms with Crippen LogP contribution in [0.1, 0.15) is 36.8 Å². The van der Waals surface area contributed by atoms with E-state index >= 15 is 0 Å². The van der Waals surface area contributed by atoms with Gasteiger partial charge in [-0.05, 0) is 54.7 Å². The molecule has 0 unspecified atom stereocenters. The van der Waals surface area contributed by atoms with Crippen LogP contribution >= 0.6 is 0 Å². The monoisotopic (exact) mass is 239 g/mol. The van der Waals surface area contributed by atoms with Crippen LogP contribution in [0.4, 0.5) is 0 Å². The smallest absolute Gasteiger partial charge is 0.0203 e. The van der Waals surface area contributed by atoms with Crippen LogP contribution in [0, 0.1) is 11.8 Å². The first kappa shape index (κ1) is 10.7. The van der Waals surface area contributed by atoms with E-state index in [0.717, 1.165) is 18.3 Å². The van der Waals surface area contributed by atoms with E-state index in [-0.39, 0.29) is 0 Å². The lowest BCUT2D eigenvalue weighted by atomic mass is 9.84. The van der Waals surface area contributed by atoms with E-state index in [4.69, 9.17) is 0 Å². The van der Waals surface area contributed by atoms with Crippen molar-refractivity contribution >= 4 is 6.08 Å². The van der Waals surface area contributed by atoms with E-state index in [1.807, 2.05) is 0 Å². The Bertz CT molecular complexity index is 466. The van der Waals surface area contributed by atoms with Gasteiger partial charge in [0.2, 0.25) is 0 Å². The van der Waals surface area contributed by atoms with Crippen LogP contribution in [0.25, 0.3) is 6.08 Å². The predicted octanol–water partition coefficient (Wildman–Crippen LogP) is 3.71. The summed E-state index contributed by atoms with van der Waals surface area (Å²) in [5.74, 6) is 1.93. The highest BCUT2D eigenvalue weighted by atomic mass is 15.1. The minimum absolute atomic E-state index is 0.966. The summed E-state index contributed by atoms with van der Waals surface area (Å²) in [6.07, 6.45) is 9.49. The van der Waals surface area contributed by atoms with Crippen LogP contribution in [0.2, 0.25) is 0 Å². The zero-order valence-electron chi connectivity index (χ0n) is 10.9. The SMILES string of the molecule is C1=C(N2CC3CCC(CC3)C2)Cc2ccccc21. The first-order valence-corrected chi connectivity index (χ1v) is 7.42. The number of nitrogens with zero attached hydrogens (tertiary/aromatic N) is 1. The average molecular weight is 239 g/mol. The second-order valence-corrected chi connectivity index (χ2v) is 6.30. The van der Waals surface area contributed by atoms with Crippen molar-refractivity contribution in [1.29, 1.82) is 0 Å². The highest BCUT2D eigenvalue weighted by Gasteiger charge is 2.31. The van der Waals surface area contributed by atoms with Gasteiger partial charge in [0.15, 0.2) is 0 Å². The normalized spacial score (nSPS) is 30.0. The second kappa shape index (κ2) is 4.15. The highest BCUT2D eigenvalue weighted by molar-refractivity contribution is 5.63. The van der Waals surface area contributed by atoms with Crippen LogP contribution in [-0.2, 0) is 6.42 Å². The summed E-state index contributed by atoms with van der Waals surface area (Å²) in [5.41, 5.74) is 4.54. The Morgan fingerprint density at radius 2 is 1.56 bits per heavy atom. The Morgan fingerprint density at radius 3 is 2.22 bits per heavy atom. The van der Waals surface area contributed by atoms with E-state index in [2.05, 4.69) is 35.2 Å². The standard InChI is InChI=1S/C17H21N/c1-2-4-16-10-17(9-15(16)3-1)18-11-13-5-6-14(12-18)8-7-13/h1-4,9,13-14H,5-8,10-12H2. The molecule has 0 aromatic heterocycles. The molecule has 0 N–H and O–H groups in total. The zero-order valence-corrected chi connectivity index (χ0v) is 10.9. The third-order valence-corrected chi connectivity index (χ3v) is 5.08. The van der Waals surface area contributed by atoms with Crippen LogP contribution in [-0.4, -0.2) is 18.0 Å². The third kappa shape index (κ3) is 1.77. The van der Waals surface area contributed by atoms with Crippen LogP contribution < -0.4 is 0 Å². The van der Waals surface area contributed by atoms with Crippen molar-refractivity contribution in [3.8, 4) is 0 Å². The summed E-state index contributed by atoms with van der Waals surface area (Å²) >= 11 is 0. The van der Waals surface area contributed by atoms with E-state index in [9.17, 15) is 0 Å². The predicted molar refractivity (Wildman–Crippen MR) is 75.1 cm³/mol. The summed E-state index contributed by atoms with van der Waals surface area (Å²) in [5, 5.41) is 0. The number of hydrogen-bond donors (Lipinski definition) is 0. The molecule has 18 heavy (non-hydrogen) atoms. The molecule has 0 atom stereocenters. The summed E-state index contributed by atoms with van der Waals surface area (Å²) in [6.45, 7) is 2.63. The first-order chi connectivity index (χ1) is 8.88. The fraction of sp³-hybridized carbons (Fsp3) is 0.529. The van der Waals surface area contributed by atoms with Crippen molar-refractivity contribution in [2.75, 3.05) is 13.1 Å². The summed E-state index contributed by atoms with van der Waals surface area (Å²) < 4.78 is 0. The Labute approximate surface area is 109 Å². The minimum atomic E-state index is 0.966. The van der Waals surface area contributed by atoms with Gasteiger partial charge in [0.1, 0.15) is 0 Å². The van der Waals surface area contributed by atoms with Crippen LogP contribution in [0.5, 0.6) is 0 Å². The van der Waals surface area contributed by atoms with E-state index in [1.54, 1.807) is 5.70 Å². The van der Waals surface area contributed by atoms with Gasteiger partial charge >= 0.3 is 0 Å². The quantitative estimate of drug-likeness (QED) is 0.722. The fourth-order valence-corrected chi connectivity index (χ4v) is 3.99. The molecule has 0 spiro atoms. The Kier molecular flexibility index (Phi) is 2.46. The lowest BCUT2D eigenvalue weighted by molar-refractivity contribution is 0.314. The van der Waals surface area contributed by atoms with Gasteiger partial charge < -0.3 is 4.90 Å². The number of benzene rings is 1. The fourth-order valence-electron chi connectivity index (χ4n) is 3.99. The van der Waals surface area contributed by atoms with Crippen molar-refractivity contribution in [1.82, 2.24) is 4.90 Å². The molecule has 2 heterocycles. The third-order valence-electron chi connectivity index (χ3n) is 5.08. The molecule has 1 aromatic carbocycles. The molecule has 1 saturated carbocycles. The summed E-state index contributed by atoms with van der Waals surface area (Å²) in [4.78, 5) is 2.70. The molecule has 94 valence electrons. The van der Waals surface area contributed by atoms with E-state index < -0.39 is 0 Å². The Hall–Kier alpha value is -1.24. The van der Waals surface area contributed by atoms with Crippen LogP contribution in [0.3, 0.4) is 0 Å². The van der Waals surface area contributed by atoms with Gasteiger partial charge in [0.05, 0.1) is 0 Å². The molecule has 1 nitrogen and oxygen atoms in total. The van der Waals surface area contributed by atoms with Gasteiger partial charge in [-0.2, -0.15) is 0 Å². The molecular weight excluding hydrogens is 218 g/mol.